The van der Waals surface area contributed by atoms with Crippen LogP contribution in [0, 0.1) is 5.92 Å². The Kier molecular flexibility index (Phi) is 4.72. The van der Waals surface area contributed by atoms with Gasteiger partial charge in [-0.2, -0.15) is 0 Å². The van der Waals surface area contributed by atoms with Crippen LogP contribution in [0.3, 0.4) is 0 Å². The van der Waals surface area contributed by atoms with Crippen molar-refractivity contribution in [2.24, 2.45) is 5.92 Å². The second kappa shape index (κ2) is 6.92. The molecule has 120 valence electrons. The zero-order valence-corrected chi connectivity index (χ0v) is 13.6. The lowest BCUT2D eigenvalue weighted by Crippen LogP contribution is -2.37. The van der Waals surface area contributed by atoms with Crippen LogP contribution in [0.15, 0.2) is 42.5 Å². The Labute approximate surface area is 140 Å². The number of hydrogen-bond donors (Lipinski definition) is 1. The molecule has 4 nitrogen and oxygen atoms in total. The predicted octanol–water partition coefficient (Wildman–Crippen LogP) is 3.22. The van der Waals surface area contributed by atoms with E-state index in [1.807, 2.05) is 36.4 Å². The van der Waals surface area contributed by atoms with E-state index >= 15 is 0 Å². The van der Waals surface area contributed by atoms with E-state index in [0.29, 0.717) is 24.6 Å². The summed E-state index contributed by atoms with van der Waals surface area (Å²) in [7, 11) is 1.63. The first-order valence-corrected chi connectivity index (χ1v) is 7.85. The largest absolute Gasteiger partial charge is 0.497 e. The van der Waals surface area contributed by atoms with E-state index in [-0.39, 0.29) is 11.8 Å². The number of hydrogen-bond acceptors (Lipinski definition) is 3. The van der Waals surface area contributed by atoms with Crippen LogP contribution in [0.2, 0.25) is 5.02 Å². The highest BCUT2D eigenvalue weighted by Gasteiger charge is 2.25. The summed E-state index contributed by atoms with van der Waals surface area (Å²) in [5.74, 6) is 1.41. The van der Waals surface area contributed by atoms with E-state index in [0.717, 1.165) is 22.6 Å². The van der Waals surface area contributed by atoms with Gasteiger partial charge in [0, 0.05) is 11.6 Å². The van der Waals surface area contributed by atoms with E-state index in [2.05, 4.69) is 5.32 Å². The molecular formula is C18H18ClNO3. The number of rotatable bonds is 4. The highest BCUT2D eigenvalue weighted by atomic mass is 35.5. The Bertz CT molecular complexity index is 700. The molecule has 0 radical (unpaired) electrons. The molecule has 5 heteroatoms. The maximum atomic E-state index is 12.3. The van der Waals surface area contributed by atoms with Gasteiger partial charge in [0.2, 0.25) is 5.91 Å². The van der Waals surface area contributed by atoms with Crippen molar-refractivity contribution in [2.75, 3.05) is 13.7 Å². The van der Waals surface area contributed by atoms with Crippen molar-refractivity contribution in [1.29, 1.82) is 0 Å². The summed E-state index contributed by atoms with van der Waals surface area (Å²) in [6, 6.07) is 13.1. The topological polar surface area (TPSA) is 47.6 Å². The van der Waals surface area contributed by atoms with Gasteiger partial charge in [-0.3, -0.25) is 4.79 Å². The Morgan fingerprint density at radius 2 is 2.09 bits per heavy atom. The molecule has 0 aromatic heterocycles. The predicted molar refractivity (Wildman–Crippen MR) is 89.0 cm³/mol. The lowest BCUT2D eigenvalue weighted by Gasteiger charge is -2.24. The molecule has 1 heterocycles. The molecule has 1 amide bonds. The van der Waals surface area contributed by atoms with Gasteiger partial charge < -0.3 is 14.8 Å². The number of carbonyl (C=O) groups is 1. The smallest absolute Gasteiger partial charge is 0.227 e. The van der Waals surface area contributed by atoms with E-state index in [1.54, 1.807) is 13.2 Å². The fourth-order valence-electron chi connectivity index (χ4n) is 2.61. The molecule has 0 saturated heterocycles. The number of amides is 1. The highest BCUT2D eigenvalue weighted by molar-refractivity contribution is 6.30. The van der Waals surface area contributed by atoms with Crippen LogP contribution in [0.5, 0.6) is 11.5 Å². The molecule has 0 saturated carbocycles. The fraction of sp³-hybridized carbons (Fsp3) is 0.278. The fourth-order valence-corrected chi connectivity index (χ4v) is 2.80. The normalized spacial score (nSPS) is 16.2. The number of benzene rings is 2. The van der Waals surface area contributed by atoms with Crippen LogP contribution in [0.25, 0.3) is 0 Å². The first kappa shape index (κ1) is 15.7. The minimum atomic E-state index is -0.195. The van der Waals surface area contributed by atoms with Crippen LogP contribution in [0.1, 0.15) is 11.1 Å². The summed E-state index contributed by atoms with van der Waals surface area (Å²) >= 11 is 6.00. The van der Waals surface area contributed by atoms with Crippen molar-refractivity contribution in [3.8, 4) is 11.5 Å². The van der Waals surface area contributed by atoms with E-state index in [4.69, 9.17) is 21.1 Å². The van der Waals surface area contributed by atoms with Crippen molar-refractivity contribution in [3.05, 3.63) is 58.6 Å². The number of ether oxygens (including phenoxy) is 2. The summed E-state index contributed by atoms with van der Waals surface area (Å²) in [4.78, 5) is 12.3. The molecule has 1 aliphatic rings. The molecular weight excluding hydrogens is 314 g/mol. The second-order valence-corrected chi connectivity index (χ2v) is 5.97. The Balaban J connectivity index is 1.58. The molecule has 23 heavy (non-hydrogen) atoms. The summed E-state index contributed by atoms with van der Waals surface area (Å²) in [6.45, 7) is 0.880. The molecule has 2 aromatic carbocycles. The maximum absolute atomic E-state index is 12.3. The van der Waals surface area contributed by atoms with E-state index in [9.17, 15) is 4.79 Å². The van der Waals surface area contributed by atoms with Gasteiger partial charge in [0.25, 0.3) is 0 Å². The Morgan fingerprint density at radius 1 is 1.30 bits per heavy atom. The van der Waals surface area contributed by atoms with Gasteiger partial charge >= 0.3 is 0 Å². The molecule has 0 bridgehead atoms. The standard InChI is InChI=1S/C18H18ClNO3/c1-22-16-5-2-12(3-6-16)10-20-18(21)14-8-13-9-15(19)4-7-17(13)23-11-14/h2-7,9,14H,8,10-11H2,1H3,(H,20,21)/t14-/m1/s1. The van der Waals surface area contributed by atoms with Crippen molar-refractivity contribution in [1.82, 2.24) is 5.32 Å². The van der Waals surface area contributed by atoms with Crippen molar-refractivity contribution in [2.45, 2.75) is 13.0 Å². The quantitative estimate of drug-likeness (QED) is 0.935. The van der Waals surface area contributed by atoms with Crippen LogP contribution >= 0.6 is 11.6 Å². The van der Waals surface area contributed by atoms with Crippen LogP contribution < -0.4 is 14.8 Å². The molecule has 0 aliphatic carbocycles. The second-order valence-electron chi connectivity index (χ2n) is 5.53. The van der Waals surface area contributed by atoms with Gasteiger partial charge in [0.15, 0.2) is 0 Å². The van der Waals surface area contributed by atoms with Crippen molar-refractivity contribution < 1.29 is 14.3 Å². The summed E-state index contributed by atoms with van der Waals surface area (Å²) in [6.07, 6.45) is 0.643. The average Bonchev–Trinajstić information content (AvgIpc) is 2.59. The van der Waals surface area contributed by atoms with Gasteiger partial charge in [-0.05, 0) is 47.9 Å². The SMILES string of the molecule is COc1ccc(CNC(=O)[C@H]2COc3ccc(Cl)cc3C2)cc1. The Morgan fingerprint density at radius 3 is 2.83 bits per heavy atom. The van der Waals surface area contributed by atoms with Gasteiger partial charge in [0.1, 0.15) is 18.1 Å². The van der Waals surface area contributed by atoms with E-state index in [1.165, 1.54) is 0 Å². The molecule has 0 unspecified atom stereocenters. The first-order valence-electron chi connectivity index (χ1n) is 7.47. The lowest BCUT2D eigenvalue weighted by molar-refractivity contribution is -0.126. The maximum Gasteiger partial charge on any atom is 0.227 e. The summed E-state index contributed by atoms with van der Waals surface area (Å²) in [5, 5.41) is 3.62. The van der Waals surface area contributed by atoms with Gasteiger partial charge in [0.05, 0.1) is 13.0 Å². The number of halogens is 1. The number of fused-ring (bicyclic) bond motifs is 1. The zero-order chi connectivity index (χ0) is 16.2. The third-order valence-corrected chi connectivity index (χ3v) is 4.16. The van der Waals surface area contributed by atoms with Crippen LogP contribution in [0.4, 0.5) is 0 Å². The Hall–Kier alpha value is -2.20. The third-order valence-electron chi connectivity index (χ3n) is 3.93. The molecule has 3 rings (SSSR count). The number of carbonyl (C=O) groups excluding carboxylic acids is 1. The van der Waals surface area contributed by atoms with E-state index < -0.39 is 0 Å². The zero-order valence-electron chi connectivity index (χ0n) is 12.8. The number of methoxy groups -OCH3 is 1. The third kappa shape index (κ3) is 3.77. The minimum Gasteiger partial charge on any atom is -0.497 e. The first-order chi connectivity index (χ1) is 11.2. The van der Waals surface area contributed by atoms with Crippen LogP contribution in [-0.4, -0.2) is 19.6 Å². The molecule has 0 fully saturated rings. The molecule has 1 aliphatic heterocycles. The monoisotopic (exact) mass is 331 g/mol. The average molecular weight is 332 g/mol. The van der Waals surface area contributed by atoms with Gasteiger partial charge in [-0.1, -0.05) is 23.7 Å². The molecule has 2 aromatic rings. The van der Waals surface area contributed by atoms with Gasteiger partial charge in [-0.15, -0.1) is 0 Å². The molecule has 1 atom stereocenters. The van der Waals surface area contributed by atoms with Gasteiger partial charge in [-0.25, -0.2) is 0 Å². The summed E-state index contributed by atoms with van der Waals surface area (Å²) in [5.41, 5.74) is 2.01. The van der Waals surface area contributed by atoms with Crippen LogP contribution in [-0.2, 0) is 17.8 Å². The molecule has 1 N–H and O–H groups in total. The van der Waals surface area contributed by atoms with Crippen molar-refractivity contribution >= 4 is 17.5 Å². The lowest BCUT2D eigenvalue weighted by atomic mass is 9.96. The molecule has 0 spiro atoms. The highest BCUT2D eigenvalue weighted by Crippen LogP contribution is 2.29. The minimum absolute atomic E-state index is 0.00792. The number of nitrogens with one attached hydrogen (secondary N) is 1. The van der Waals surface area contributed by atoms with Crippen molar-refractivity contribution in [3.63, 3.8) is 0 Å². The summed E-state index contributed by atoms with van der Waals surface area (Å²) < 4.78 is 10.8.